The summed E-state index contributed by atoms with van der Waals surface area (Å²) in [5, 5.41) is 2.20. The van der Waals surface area contributed by atoms with E-state index in [-0.39, 0.29) is 6.54 Å². The first kappa shape index (κ1) is 15.5. The lowest BCUT2D eigenvalue weighted by Crippen LogP contribution is -2.35. The predicted molar refractivity (Wildman–Crippen MR) is 70.1 cm³/mol. The first-order chi connectivity index (χ1) is 9.52. The molecule has 0 fully saturated rings. The smallest absolute Gasteiger partial charge is 0.338 e. The lowest BCUT2D eigenvalue weighted by Gasteiger charge is -2.06. The predicted octanol–water partition coefficient (Wildman–Crippen LogP) is -0.156. The van der Waals surface area contributed by atoms with Crippen molar-refractivity contribution in [1.82, 2.24) is 5.32 Å². The Bertz CT molecular complexity index is 484. The minimum atomic E-state index is -0.670. The molecule has 0 aromatic heterocycles. The maximum absolute atomic E-state index is 11.6. The molecule has 20 heavy (non-hydrogen) atoms. The van der Waals surface area contributed by atoms with Crippen molar-refractivity contribution in [3.63, 3.8) is 0 Å². The second kappa shape index (κ2) is 7.78. The summed E-state index contributed by atoms with van der Waals surface area (Å²) >= 11 is 0. The van der Waals surface area contributed by atoms with Gasteiger partial charge in [-0.05, 0) is 31.2 Å². The van der Waals surface area contributed by atoms with Gasteiger partial charge < -0.3 is 20.5 Å². The van der Waals surface area contributed by atoms with Crippen molar-refractivity contribution >= 4 is 17.8 Å². The van der Waals surface area contributed by atoms with E-state index in [1.807, 2.05) is 6.92 Å². The molecule has 0 saturated carbocycles. The molecule has 0 aliphatic carbocycles. The van der Waals surface area contributed by atoms with Crippen LogP contribution in [0.15, 0.2) is 24.3 Å². The summed E-state index contributed by atoms with van der Waals surface area (Å²) in [5.41, 5.74) is 5.16. The maximum atomic E-state index is 11.6. The fourth-order valence-corrected chi connectivity index (χ4v) is 1.31. The molecule has 0 bridgehead atoms. The van der Waals surface area contributed by atoms with E-state index in [9.17, 15) is 14.4 Å². The van der Waals surface area contributed by atoms with E-state index in [1.54, 1.807) is 12.1 Å². The Hall–Kier alpha value is -2.57. The van der Waals surface area contributed by atoms with E-state index in [0.29, 0.717) is 17.9 Å². The molecule has 3 N–H and O–H groups in total. The van der Waals surface area contributed by atoms with Gasteiger partial charge in [0.2, 0.25) is 5.91 Å². The second-order valence-electron chi connectivity index (χ2n) is 3.78. The third-order valence-electron chi connectivity index (χ3n) is 2.20. The number of benzene rings is 1. The molecule has 0 saturated heterocycles. The molecule has 1 rings (SSSR count). The van der Waals surface area contributed by atoms with Crippen LogP contribution in [0.1, 0.15) is 17.3 Å². The average molecular weight is 280 g/mol. The van der Waals surface area contributed by atoms with E-state index < -0.39 is 24.4 Å². The molecule has 1 aromatic carbocycles. The Morgan fingerprint density at radius 1 is 1.20 bits per heavy atom. The number of rotatable bonds is 7. The van der Waals surface area contributed by atoms with Crippen molar-refractivity contribution in [1.29, 1.82) is 0 Å². The van der Waals surface area contributed by atoms with Crippen LogP contribution in [0.2, 0.25) is 0 Å². The Balaban J connectivity index is 2.42. The van der Waals surface area contributed by atoms with Gasteiger partial charge in [-0.2, -0.15) is 0 Å². The summed E-state index contributed by atoms with van der Waals surface area (Å²) < 4.78 is 10.0. The fourth-order valence-electron chi connectivity index (χ4n) is 1.31. The van der Waals surface area contributed by atoms with E-state index >= 15 is 0 Å². The van der Waals surface area contributed by atoms with Gasteiger partial charge >= 0.3 is 5.97 Å². The van der Waals surface area contributed by atoms with Gasteiger partial charge in [0.25, 0.3) is 5.91 Å². The monoisotopic (exact) mass is 280 g/mol. The molecule has 108 valence electrons. The molecule has 0 radical (unpaired) electrons. The minimum absolute atomic E-state index is 0.292. The highest BCUT2D eigenvalue weighted by Crippen LogP contribution is 2.12. The molecule has 0 heterocycles. The molecule has 0 spiro atoms. The zero-order chi connectivity index (χ0) is 15.0. The van der Waals surface area contributed by atoms with Crippen LogP contribution in [0.25, 0.3) is 0 Å². The summed E-state index contributed by atoms with van der Waals surface area (Å²) in [6.07, 6.45) is 0. The zero-order valence-electron chi connectivity index (χ0n) is 11.0. The van der Waals surface area contributed by atoms with Crippen LogP contribution in [0, 0.1) is 0 Å². The third kappa shape index (κ3) is 5.38. The normalized spacial score (nSPS) is 9.65. The largest absolute Gasteiger partial charge is 0.494 e. The molecule has 0 atom stereocenters. The van der Waals surface area contributed by atoms with Gasteiger partial charge in [-0.25, -0.2) is 4.79 Å². The number of carbonyl (C=O) groups excluding carboxylic acids is 3. The van der Waals surface area contributed by atoms with Crippen LogP contribution in [0.5, 0.6) is 5.75 Å². The molecular weight excluding hydrogens is 264 g/mol. The van der Waals surface area contributed by atoms with E-state index in [4.69, 9.17) is 15.2 Å². The van der Waals surface area contributed by atoms with Gasteiger partial charge in [-0.1, -0.05) is 0 Å². The van der Waals surface area contributed by atoms with Crippen molar-refractivity contribution in [3.05, 3.63) is 29.8 Å². The van der Waals surface area contributed by atoms with Crippen LogP contribution < -0.4 is 15.8 Å². The van der Waals surface area contributed by atoms with Crippen LogP contribution >= 0.6 is 0 Å². The molecule has 2 amide bonds. The first-order valence-electron chi connectivity index (χ1n) is 5.98. The fraction of sp³-hybridized carbons (Fsp3) is 0.308. The number of hydrogen-bond acceptors (Lipinski definition) is 5. The van der Waals surface area contributed by atoms with Gasteiger partial charge in [-0.3, -0.25) is 9.59 Å². The lowest BCUT2D eigenvalue weighted by molar-refractivity contribution is -0.127. The number of ether oxygens (including phenoxy) is 2. The maximum Gasteiger partial charge on any atom is 0.338 e. The second-order valence-corrected chi connectivity index (χ2v) is 3.78. The Morgan fingerprint density at radius 2 is 1.85 bits per heavy atom. The van der Waals surface area contributed by atoms with Crippen molar-refractivity contribution in [3.8, 4) is 5.75 Å². The highest BCUT2D eigenvalue weighted by Gasteiger charge is 2.10. The quantitative estimate of drug-likeness (QED) is 0.675. The number of carbonyl (C=O) groups is 3. The number of primary amides is 1. The van der Waals surface area contributed by atoms with Crippen molar-refractivity contribution in [2.45, 2.75) is 6.92 Å². The Labute approximate surface area is 116 Å². The molecule has 0 aliphatic rings. The molecular formula is C13H16N2O5. The van der Waals surface area contributed by atoms with E-state index in [2.05, 4.69) is 5.32 Å². The lowest BCUT2D eigenvalue weighted by atomic mass is 10.2. The average Bonchev–Trinajstić information content (AvgIpc) is 2.43. The SMILES string of the molecule is CCOc1ccc(C(=O)OCC(=O)NCC(N)=O)cc1. The van der Waals surface area contributed by atoms with Crippen LogP contribution in [-0.4, -0.2) is 37.5 Å². The zero-order valence-corrected chi connectivity index (χ0v) is 11.0. The van der Waals surface area contributed by atoms with Crippen molar-refractivity contribution in [2.75, 3.05) is 19.8 Å². The summed E-state index contributed by atoms with van der Waals surface area (Å²) in [6.45, 7) is 1.62. The molecule has 7 nitrogen and oxygen atoms in total. The molecule has 0 unspecified atom stereocenters. The number of nitrogens with one attached hydrogen (secondary N) is 1. The Kier molecular flexibility index (Phi) is 6.02. The van der Waals surface area contributed by atoms with Crippen molar-refractivity contribution in [2.24, 2.45) is 5.73 Å². The highest BCUT2D eigenvalue weighted by atomic mass is 16.5. The first-order valence-corrected chi connectivity index (χ1v) is 5.98. The van der Waals surface area contributed by atoms with Crippen molar-refractivity contribution < 1.29 is 23.9 Å². The number of esters is 1. The van der Waals surface area contributed by atoms with E-state index in [0.717, 1.165) is 0 Å². The van der Waals surface area contributed by atoms with Gasteiger partial charge in [0.1, 0.15) is 5.75 Å². The van der Waals surface area contributed by atoms with Gasteiger partial charge in [0.15, 0.2) is 6.61 Å². The minimum Gasteiger partial charge on any atom is -0.494 e. The number of amides is 2. The molecule has 7 heteroatoms. The number of nitrogens with two attached hydrogens (primary N) is 1. The summed E-state index contributed by atoms with van der Waals surface area (Å²) in [6, 6.07) is 6.34. The van der Waals surface area contributed by atoms with Gasteiger partial charge in [0, 0.05) is 0 Å². The van der Waals surface area contributed by atoms with Crippen LogP contribution in [0.4, 0.5) is 0 Å². The summed E-state index contributed by atoms with van der Waals surface area (Å²) in [5.74, 6) is -1.26. The van der Waals surface area contributed by atoms with Gasteiger partial charge in [0.05, 0.1) is 18.7 Å². The molecule has 1 aromatic rings. The summed E-state index contributed by atoms with van der Waals surface area (Å²) in [7, 11) is 0. The standard InChI is InChI=1S/C13H16N2O5/c1-2-19-10-5-3-9(4-6-10)13(18)20-8-12(17)15-7-11(14)16/h3-6H,2,7-8H2,1H3,(H2,14,16)(H,15,17). The van der Waals surface area contributed by atoms with E-state index in [1.165, 1.54) is 12.1 Å². The van der Waals surface area contributed by atoms with Crippen LogP contribution in [-0.2, 0) is 14.3 Å². The topological polar surface area (TPSA) is 108 Å². The van der Waals surface area contributed by atoms with Gasteiger partial charge in [-0.15, -0.1) is 0 Å². The third-order valence-corrected chi connectivity index (χ3v) is 2.20. The van der Waals surface area contributed by atoms with Crippen LogP contribution in [0.3, 0.4) is 0 Å². The number of hydrogen-bond donors (Lipinski definition) is 2. The summed E-state index contributed by atoms with van der Waals surface area (Å²) in [4.78, 5) is 33.3. The Morgan fingerprint density at radius 3 is 2.40 bits per heavy atom. The molecule has 0 aliphatic heterocycles. The highest BCUT2D eigenvalue weighted by molar-refractivity contribution is 5.92.